The summed E-state index contributed by atoms with van der Waals surface area (Å²) in [7, 11) is 1.51. The van der Waals surface area contributed by atoms with Gasteiger partial charge in [0.25, 0.3) is 11.8 Å². The van der Waals surface area contributed by atoms with Crippen LogP contribution >= 0.6 is 23.1 Å². The van der Waals surface area contributed by atoms with Crippen molar-refractivity contribution in [1.29, 1.82) is 0 Å². The standard InChI is InChI=1S/C33H34N4O8S2/c1-33(2,3)45-24(38)16-43-36-25(23-18-46-19-34-23)29(39)35-26-30(40)37-27(22(15-42-4)17-47-31(26)37)32(41)44-28(20-11-7-5-8-12-20)21-13-9-6-10-14-21/h5-14,18-19,26,28,31H,15-17H2,1-4H3,(H,35,39)/b36-25+. The zero-order valence-corrected chi connectivity index (χ0v) is 27.8. The van der Waals surface area contributed by atoms with Crippen LogP contribution in [-0.4, -0.2) is 82.4 Å². The van der Waals surface area contributed by atoms with Crippen molar-refractivity contribution in [3.8, 4) is 0 Å². The molecule has 0 radical (unpaired) electrons. The zero-order chi connectivity index (χ0) is 33.6. The van der Waals surface area contributed by atoms with E-state index in [9.17, 15) is 19.2 Å². The molecule has 0 aliphatic carbocycles. The largest absolute Gasteiger partial charge is 0.457 e. The summed E-state index contributed by atoms with van der Waals surface area (Å²) in [5, 5.41) is 7.56. The Bertz CT molecular complexity index is 1620. The summed E-state index contributed by atoms with van der Waals surface area (Å²) in [5.74, 6) is -2.21. The number of esters is 2. The highest BCUT2D eigenvalue weighted by Crippen LogP contribution is 2.41. The molecule has 1 aromatic heterocycles. The molecule has 5 rings (SSSR count). The van der Waals surface area contributed by atoms with Gasteiger partial charge in [0.15, 0.2) is 11.8 Å². The molecular formula is C33H34N4O8S2. The van der Waals surface area contributed by atoms with E-state index in [-0.39, 0.29) is 23.7 Å². The smallest absolute Gasteiger partial charge is 0.356 e. The average molecular weight is 679 g/mol. The summed E-state index contributed by atoms with van der Waals surface area (Å²) in [6.45, 7) is 4.73. The monoisotopic (exact) mass is 678 g/mol. The second kappa shape index (κ2) is 14.9. The van der Waals surface area contributed by atoms with Crippen LogP contribution in [-0.2, 0) is 38.2 Å². The highest BCUT2D eigenvalue weighted by Gasteiger charge is 2.55. The van der Waals surface area contributed by atoms with Crippen molar-refractivity contribution < 1.29 is 38.2 Å². The number of rotatable bonds is 12. The van der Waals surface area contributed by atoms with Gasteiger partial charge in [0.05, 0.1) is 12.1 Å². The molecule has 2 atom stereocenters. The number of carbonyl (C=O) groups excluding carboxylic acids is 4. The minimum Gasteiger partial charge on any atom is -0.457 e. The third-order valence-electron chi connectivity index (χ3n) is 6.92. The summed E-state index contributed by atoms with van der Waals surface area (Å²) < 4.78 is 16.7. The number of β-lactam (4-membered cyclic amide) rings is 1. The molecule has 2 aliphatic rings. The van der Waals surface area contributed by atoms with E-state index in [1.165, 1.54) is 40.6 Å². The van der Waals surface area contributed by atoms with E-state index in [0.29, 0.717) is 11.3 Å². The zero-order valence-electron chi connectivity index (χ0n) is 26.2. The number of ether oxygens (including phenoxy) is 3. The van der Waals surface area contributed by atoms with Crippen molar-refractivity contribution in [3.05, 3.63) is 99.6 Å². The molecule has 2 amide bonds. The molecule has 2 unspecified atom stereocenters. The quantitative estimate of drug-likeness (QED) is 0.130. The van der Waals surface area contributed by atoms with Gasteiger partial charge in [0.2, 0.25) is 6.61 Å². The van der Waals surface area contributed by atoms with Crippen molar-refractivity contribution in [2.75, 3.05) is 26.1 Å². The maximum atomic E-state index is 13.9. The van der Waals surface area contributed by atoms with Crippen LogP contribution in [0.15, 0.2) is 88.0 Å². The second-order valence-corrected chi connectivity index (χ2v) is 13.3. The normalized spacial score (nSPS) is 17.9. The van der Waals surface area contributed by atoms with Crippen LogP contribution in [0, 0.1) is 0 Å². The fourth-order valence-electron chi connectivity index (χ4n) is 4.97. The minimum absolute atomic E-state index is 0.0945. The third kappa shape index (κ3) is 8.07. The summed E-state index contributed by atoms with van der Waals surface area (Å²) >= 11 is 2.62. The lowest BCUT2D eigenvalue weighted by Gasteiger charge is -2.49. The molecule has 47 heavy (non-hydrogen) atoms. The molecule has 1 fully saturated rings. The van der Waals surface area contributed by atoms with Crippen LogP contribution in [0.1, 0.15) is 43.7 Å². The number of hydrogen-bond donors (Lipinski definition) is 1. The minimum atomic E-state index is -0.979. The molecule has 3 heterocycles. The number of aromatic nitrogens is 1. The number of hydrogen-bond acceptors (Lipinski definition) is 12. The van der Waals surface area contributed by atoms with Crippen LogP contribution in [0.3, 0.4) is 0 Å². The molecule has 0 spiro atoms. The maximum Gasteiger partial charge on any atom is 0.356 e. The lowest BCUT2D eigenvalue weighted by Crippen LogP contribution is -2.71. The van der Waals surface area contributed by atoms with Gasteiger partial charge < -0.3 is 24.4 Å². The number of amides is 2. The van der Waals surface area contributed by atoms with E-state index < -0.39 is 53.5 Å². The molecule has 14 heteroatoms. The van der Waals surface area contributed by atoms with Gasteiger partial charge in [-0.1, -0.05) is 65.8 Å². The van der Waals surface area contributed by atoms with Crippen molar-refractivity contribution in [2.24, 2.45) is 5.16 Å². The summed E-state index contributed by atoms with van der Waals surface area (Å²) in [4.78, 5) is 63.7. The van der Waals surface area contributed by atoms with Gasteiger partial charge in [-0.15, -0.1) is 23.1 Å². The number of carbonyl (C=O) groups is 4. The first-order valence-corrected chi connectivity index (χ1v) is 16.6. The maximum absolute atomic E-state index is 13.9. The van der Waals surface area contributed by atoms with Crippen molar-refractivity contribution in [1.82, 2.24) is 15.2 Å². The van der Waals surface area contributed by atoms with Gasteiger partial charge in [-0.05, 0) is 37.5 Å². The Morgan fingerprint density at radius 1 is 1.06 bits per heavy atom. The number of nitrogens with zero attached hydrogens (tertiary/aromatic N) is 3. The highest BCUT2D eigenvalue weighted by molar-refractivity contribution is 8.00. The number of nitrogens with one attached hydrogen (secondary N) is 1. The third-order valence-corrected chi connectivity index (χ3v) is 8.85. The number of benzene rings is 2. The van der Waals surface area contributed by atoms with Gasteiger partial charge in [0, 0.05) is 18.2 Å². The molecule has 246 valence electrons. The fraction of sp³-hybridized carbons (Fsp3) is 0.333. The molecule has 2 aromatic carbocycles. The fourth-order valence-corrected chi connectivity index (χ4v) is 6.83. The Morgan fingerprint density at radius 2 is 1.72 bits per heavy atom. The Morgan fingerprint density at radius 3 is 2.30 bits per heavy atom. The number of methoxy groups -OCH3 is 1. The number of oxime groups is 1. The van der Waals surface area contributed by atoms with Crippen LogP contribution in [0.4, 0.5) is 0 Å². The Hall–Kier alpha value is -4.53. The van der Waals surface area contributed by atoms with Crippen LogP contribution < -0.4 is 5.32 Å². The molecule has 12 nitrogen and oxygen atoms in total. The van der Waals surface area contributed by atoms with Crippen LogP contribution in [0.2, 0.25) is 0 Å². The summed E-state index contributed by atoms with van der Waals surface area (Å²) in [6, 6.07) is 17.7. The predicted octanol–water partition coefficient (Wildman–Crippen LogP) is 3.84. The first-order valence-electron chi connectivity index (χ1n) is 14.6. The highest BCUT2D eigenvalue weighted by atomic mass is 32.2. The Kier molecular flexibility index (Phi) is 10.7. The molecule has 3 aromatic rings. The first kappa shape index (κ1) is 33.8. The lowest BCUT2D eigenvalue weighted by molar-refractivity contribution is -0.160. The molecule has 0 bridgehead atoms. The van der Waals surface area contributed by atoms with E-state index in [4.69, 9.17) is 19.0 Å². The Balaban J connectivity index is 1.34. The molecule has 1 saturated heterocycles. The number of fused-ring (bicyclic) bond motifs is 1. The summed E-state index contributed by atoms with van der Waals surface area (Å²) in [6.07, 6.45) is -0.723. The molecule has 1 N–H and O–H groups in total. The SMILES string of the molecule is COCC1=C(C(=O)OC(c2ccccc2)c2ccccc2)N2C(=O)C(NC(=O)/C(=N/OCC(=O)OC(C)(C)C)c3cscn3)C2SC1. The summed E-state index contributed by atoms with van der Waals surface area (Å²) in [5.41, 5.74) is 3.00. The number of thioether (sulfide) groups is 1. The Labute approximate surface area is 280 Å². The van der Waals surface area contributed by atoms with E-state index >= 15 is 0 Å². The van der Waals surface area contributed by atoms with Crippen LogP contribution in [0.25, 0.3) is 0 Å². The predicted molar refractivity (Wildman–Crippen MR) is 175 cm³/mol. The van der Waals surface area contributed by atoms with E-state index in [0.717, 1.165) is 11.1 Å². The van der Waals surface area contributed by atoms with Crippen molar-refractivity contribution in [3.63, 3.8) is 0 Å². The first-order chi connectivity index (χ1) is 22.6. The van der Waals surface area contributed by atoms with Crippen molar-refractivity contribution in [2.45, 2.75) is 43.9 Å². The topological polar surface area (TPSA) is 146 Å². The van der Waals surface area contributed by atoms with Gasteiger partial charge >= 0.3 is 11.9 Å². The van der Waals surface area contributed by atoms with Crippen LogP contribution in [0.5, 0.6) is 0 Å². The van der Waals surface area contributed by atoms with E-state index in [2.05, 4.69) is 15.5 Å². The second-order valence-electron chi connectivity index (χ2n) is 11.5. The van der Waals surface area contributed by atoms with Gasteiger partial charge in [0.1, 0.15) is 28.4 Å². The molecule has 2 aliphatic heterocycles. The van der Waals surface area contributed by atoms with Crippen molar-refractivity contribution >= 4 is 52.6 Å². The molecular weight excluding hydrogens is 645 g/mol. The van der Waals surface area contributed by atoms with Gasteiger partial charge in [-0.2, -0.15) is 0 Å². The molecule has 0 saturated carbocycles. The lowest BCUT2D eigenvalue weighted by atomic mass is 10.0. The average Bonchev–Trinajstić information content (AvgIpc) is 3.59. The number of thiazole rings is 1. The van der Waals surface area contributed by atoms with E-state index in [1.807, 2.05) is 60.7 Å². The van der Waals surface area contributed by atoms with E-state index in [1.54, 1.807) is 26.2 Å². The van der Waals surface area contributed by atoms with Gasteiger partial charge in [-0.25, -0.2) is 14.6 Å². The van der Waals surface area contributed by atoms with Gasteiger partial charge in [-0.3, -0.25) is 14.5 Å².